The Kier molecular flexibility index (Phi) is 14.0. The Bertz CT molecular complexity index is 2520. The number of nitrogens with one attached hydrogen (secondary N) is 6. The summed E-state index contributed by atoms with van der Waals surface area (Å²) in [5.41, 5.74) is 2.16. The van der Waals surface area contributed by atoms with Crippen molar-refractivity contribution in [1.82, 2.24) is 15.6 Å². The van der Waals surface area contributed by atoms with Gasteiger partial charge in [0.15, 0.2) is 5.75 Å². The van der Waals surface area contributed by atoms with Crippen LogP contribution in [0.15, 0.2) is 85.1 Å². The minimum atomic E-state index is -3.66. The van der Waals surface area contributed by atoms with Crippen molar-refractivity contribution in [3.63, 3.8) is 0 Å². The highest BCUT2D eigenvalue weighted by atomic mass is 32.2. The molecular weight excluding hydrogens is 795 g/mol. The first kappa shape index (κ1) is 44.0. The van der Waals surface area contributed by atoms with Gasteiger partial charge in [-0.15, -0.1) is 0 Å². The van der Waals surface area contributed by atoms with Crippen molar-refractivity contribution in [2.75, 3.05) is 54.2 Å². The van der Waals surface area contributed by atoms with Crippen LogP contribution < -0.4 is 45.5 Å². The molecular formula is C42H47N7O10S. The van der Waals surface area contributed by atoms with Gasteiger partial charge in [-0.3, -0.25) is 19.1 Å². The van der Waals surface area contributed by atoms with Gasteiger partial charge in [-0.25, -0.2) is 18.2 Å². The minimum Gasteiger partial charge on any atom is -0.496 e. The molecule has 316 valence electrons. The standard InChI is InChI=1S/C42H47N7O10S/c1-42(2,3)25-21-32(39(58-5)33(22-25)49-60(6,55)56)48-41(54)47-31-13-14-34(29-10-8-7-9-28(29)31)59-27-17-18-43-36(24-27)46-26-11-12-30(35(23-26)57-4)40(53)45-20-19-44-37(50)15-16-38(51)52/h7-14,17-18,21-24,49H,15-16,19-20H2,1-6H3,(H,43,46)(H,44,50)(H,45,53)(H,51,52)(H2,47,48,54). The molecule has 0 spiro atoms. The molecule has 1 heterocycles. The van der Waals surface area contributed by atoms with Gasteiger partial charge in [0.25, 0.3) is 5.91 Å². The van der Waals surface area contributed by atoms with E-state index in [9.17, 15) is 27.6 Å². The van der Waals surface area contributed by atoms with Gasteiger partial charge < -0.3 is 45.9 Å². The fourth-order valence-corrected chi connectivity index (χ4v) is 6.50. The second kappa shape index (κ2) is 19.1. The van der Waals surface area contributed by atoms with Crippen molar-refractivity contribution >= 4 is 73.2 Å². The van der Waals surface area contributed by atoms with Crippen molar-refractivity contribution in [3.8, 4) is 23.0 Å². The van der Waals surface area contributed by atoms with E-state index in [2.05, 4.69) is 36.3 Å². The Morgan fingerprint density at radius 1 is 0.767 bits per heavy atom. The van der Waals surface area contributed by atoms with Crippen LogP contribution in [0.2, 0.25) is 0 Å². The number of carbonyl (C=O) groups excluding carboxylic acids is 3. The first-order chi connectivity index (χ1) is 28.4. The SMILES string of the molecule is COc1cc(Nc2cc(Oc3ccc(NC(=O)Nc4cc(C(C)(C)C)cc(NS(C)(=O)=O)c4OC)c4ccccc34)ccn2)ccc1C(=O)NCCNC(=O)CCC(=O)O. The van der Waals surface area contributed by atoms with Crippen LogP contribution in [0.25, 0.3) is 10.8 Å². The maximum Gasteiger partial charge on any atom is 0.323 e. The first-order valence-corrected chi connectivity index (χ1v) is 20.5. The number of hydrogen-bond acceptors (Lipinski definition) is 11. The summed E-state index contributed by atoms with van der Waals surface area (Å²) in [5, 5.41) is 24.3. The van der Waals surface area contributed by atoms with Crippen molar-refractivity contribution < 1.29 is 46.9 Å². The Hall–Kier alpha value is -7.08. The number of amides is 4. The van der Waals surface area contributed by atoms with Gasteiger partial charge in [0.1, 0.15) is 23.1 Å². The largest absolute Gasteiger partial charge is 0.496 e. The summed E-state index contributed by atoms with van der Waals surface area (Å²) >= 11 is 0. The third-order valence-corrected chi connectivity index (χ3v) is 9.40. The summed E-state index contributed by atoms with van der Waals surface area (Å²) in [6, 6.07) is 21.9. The lowest BCUT2D eigenvalue weighted by molar-refractivity contribution is -0.138. The van der Waals surface area contributed by atoms with Crippen LogP contribution >= 0.6 is 0 Å². The number of sulfonamides is 1. The molecule has 60 heavy (non-hydrogen) atoms. The van der Waals surface area contributed by atoms with E-state index >= 15 is 0 Å². The number of hydrogen-bond donors (Lipinski definition) is 7. The topological polar surface area (TPSA) is 235 Å². The van der Waals surface area contributed by atoms with Gasteiger partial charge >= 0.3 is 12.0 Å². The highest BCUT2D eigenvalue weighted by Gasteiger charge is 2.23. The Morgan fingerprint density at radius 3 is 2.15 bits per heavy atom. The number of fused-ring (bicyclic) bond motifs is 1. The van der Waals surface area contributed by atoms with Gasteiger partial charge in [0, 0.05) is 54.3 Å². The molecule has 0 aliphatic carbocycles. The predicted octanol–water partition coefficient (Wildman–Crippen LogP) is 6.81. The molecule has 1 aromatic heterocycles. The predicted molar refractivity (Wildman–Crippen MR) is 230 cm³/mol. The molecule has 17 nitrogen and oxygen atoms in total. The molecule has 0 saturated carbocycles. The number of carboxylic acids is 1. The van der Waals surface area contributed by atoms with E-state index in [0.29, 0.717) is 39.5 Å². The number of nitrogens with zero attached hydrogens (tertiary/aromatic N) is 1. The lowest BCUT2D eigenvalue weighted by Crippen LogP contribution is -2.34. The van der Waals surface area contributed by atoms with Crippen molar-refractivity contribution in [1.29, 1.82) is 0 Å². The van der Waals surface area contributed by atoms with Crippen molar-refractivity contribution in [2.24, 2.45) is 0 Å². The summed E-state index contributed by atoms with van der Waals surface area (Å²) in [6.07, 6.45) is 2.18. The molecule has 0 fully saturated rings. The Labute approximate surface area is 347 Å². The molecule has 0 saturated heterocycles. The van der Waals surface area contributed by atoms with Crippen molar-refractivity contribution in [3.05, 3.63) is 96.2 Å². The number of benzene rings is 4. The number of rotatable bonds is 17. The summed E-state index contributed by atoms with van der Waals surface area (Å²) in [5.74, 6) is -0.0845. The normalized spacial score (nSPS) is 11.2. The molecule has 7 N–H and O–H groups in total. The monoisotopic (exact) mass is 841 g/mol. The van der Waals surface area contributed by atoms with Gasteiger partial charge in [0.2, 0.25) is 15.9 Å². The summed E-state index contributed by atoms with van der Waals surface area (Å²) in [4.78, 5) is 53.1. The van der Waals surface area contributed by atoms with Crippen LogP contribution in [-0.4, -0.2) is 75.9 Å². The molecule has 18 heteroatoms. The number of methoxy groups -OCH3 is 2. The van der Waals surface area contributed by atoms with Crippen molar-refractivity contribution in [2.45, 2.75) is 39.0 Å². The van der Waals surface area contributed by atoms with Gasteiger partial charge in [-0.05, 0) is 53.4 Å². The highest BCUT2D eigenvalue weighted by Crippen LogP contribution is 2.40. The van der Waals surface area contributed by atoms with Gasteiger partial charge in [-0.2, -0.15) is 0 Å². The Morgan fingerprint density at radius 2 is 1.47 bits per heavy atom. The average molecular weight is 842 g/mol. The third kappa shape index (κ3) is 12.0. The number of anilines is 5. The molecule has 0 radical (unpaired) electrons. The summed E-state index contributed by atoms with van der Waals surface area (Å²) in [7, 11) is -0.838. The zero-order valence-corrected chi connectivity index (χ0v) is 34.7. The van der Waals surface area contributed by atoms with Crippen LogP contribution in [0.5, 0.6) is 23.0 Å². The lowest BCUT2D eigenvalue weighted by Gasteiger charge is -2.24. The third-order valence-electron chi connectivity index (χ3n) is 8.81. The molecule has 5 rings (SSSR count). The van der Waals surface area contributed by atoms with Gasteiger partial charge in [0.05, 0.1) is 49.5 Å². The molecule has 5 aromatic rings. The summed E-state index contributed by atoms with van der Waals surface area (Å²) in [6.45, 7) is 6.15. The van der Waals surface area contributed by atoms with Gasteiger partial charge in [-0.1, -0.05) is 45.0 Å². The van der Waals surface area contributed by atoms with E-state index in [1.807, 2.05) is 45.0 Å². The molecule has 0 bridgehead atoms. The quantitative estimate of drug-likeness (QED) is 0.0478. The zero-order valence-electron chi connectivity index (χ0n) is 33.9. The maximum absolute atomic E-state index is 13.5. The number of pyridine rings is 1. The van der Waals surface area contributed by atoms with E-state index in [-0.39, 0.29) is 59.8 Å². The van der Waals surface area contributed by atoms with E-state index in [0.717, 1.165) is 11.8 Å². The van der Waals surface area contributed by atoms with E-state index < -0.39 is 33.8 Å². The molecule has 0 unspecified atom stereocenters. The maximum atomic E-state index is 13.5. The molecule has 4 aromatic carbocycles. The molecule has 4 amide bonds. The fraction of sp³-hybridized carbons (Fsp3) is 0.262. The summed E-state index contributed by atoms with van der Waals surface area (Å²) < 4.78 is 44.1. The first-order valence-electron chi connectivity index (χ1n) is 18.6. The fourth-order valence-electron chi connectivity index (χ4n) is 5.95. The van der Waals surface area contributed by atoms with E-state index in [4.69, 9.17) is 19.3 Å². The number of urea groups is 1. The average Bonchev–Trinajstić information content (AvgIpc) is 3.18. The second-order valence-electron chi connectivity index (χ2n) is 14.5. The van der Waals surface area contributed by atoms with E-state index in [1.165, 1.54) is 14.2 Å². The van der Waals surface area contributed by atoms with Crippen LogP contribution in [0, 0.1) is 0 Å². The van der Waals surface area contributed by atoms with Crippen LogP contribution in [0.3, 0.4) is 0 Å². The number of aromatic nitrogens is 1. The smallest absolute Gasteiger partial charge is 0.323 e. The zero-order chi connectivity index (χ0) is 43.6. The van der Waals surface area contributed by atoms with Crippen LogP contribution in [0.1, 0.15) is 49.5 Å². The molecule has 0 aliphatic rings. The number of carboxylic acid groups (broad SMARTS) is 1. The molecule has 0 aliphatic heterocycles. The lowest BCUT2D eigenvalue weighted by atomic mass is 9.86. The second-order valence-corrected chi connectivity index (χ2v) is 16.2. The molecule has 0 atom stereocenters. The number of carbonyl (C=O) groups is 4. The van der Waals surface area contributed by atoms with E-state index in [1.54, 1.807) is 60.8 Å². The van der Waals surface area contributed by atoms with Crippen LogP contribution in [0.4, 0.5) is 33.4 Å². The highest BCUT2D eigenvalue weighted by molar-refractivity contribution is 7.92. The minimum absolute atomic E-state index is 0.124. The number of ether oxygens (including phenoxy) is 3. The number of aliphatic carboxylic acids is 1. The van der Waals surface area contributed by atoms with Crippen LogP contribution in [-0.2, 0) is 25.0 Å². The Balaban J connectivity index is 1.27.